The van der Waals surface area contributed by atoms with Crippen molar-refractivity contribution in [1.29, 1.82) is 0 Å². The number of aliphatic hydroxyl groups is 1. The van der Waals surface area contributed by atoms with Gasteiger partial charge in [-0.2, -0.15) is 0 Å². The Kier molecular flexibility index (Phi) is 4.56. The van der Waals surface area contributed by atoms with Crippen LogP contribution in [0.3, 0.4) is 0 Å². The van der Waals surface area contributed by atoms with Crippen molar-refractivity contribution in [2.75, 3.05) is 6.54 Å². The van der Waals surface area contributed by atoms with Crippen LogP contribution < -0.4 is 4.74 Å². The predicted octanol–water partition coefficient (Wildman–Crippen LogP) is 4.19. The number of halogens is 3. The molecule has 0 spiro atoms. The molecule has 2 aliphatic rings. The number of benzene rings is 2. The number of hydrogen-bond donors (Lipinski definition) is 2. The smallest absolute Gasteiger partial charge is 0.407 e. The molecule has 4 rings (SSSR count). The molecule has 0 aliphatic carbocycles. The summed E-state index contributed by atoms with van der Waals surface area (Å²) in [7, 11) is 0. The number of nitrogens with zero attached hydrogens (tertiary/aromatic N) is 1. The zero-order valence-electron chi connectivity index (χ0n) is 14.0. The first-order chi connectivity index (χ1) is 12.8. The molecule has 2 heterocycles. The third-order valence-corrected chi connectivity index (χ3v) is 6.75. The van der Waals surface area contributed by atoms with Crippen LogP contribution in [-0.4, -0.2) is 39.9 Å². The van der Waals surface area contributed by atoms with Crippen LogP contribution >= 0.6 is 27.5 Å². The van der Waals surface area contributed by atoms with Crippen molar-refractivity contribution >= 4 is 33.6 Å². The fourth-order valence-corrected chi connectivity index (χ4v) is 4.78. The minimum Gasteiger partial charge on any atom is -0.480 e. The summed E-state index contributed by atoms with van der Waals surface area (Å²) in [6.07, 6.45) is -1.39. The van der Waals surface area contributed by atoms with Crippen molar-refractivity contribution in [3.63, 3.8) is 0 Å². The van der Waals surface area contributed by atoms with E-state index in [1.165, 1.54) is 11.0 Å². The lowest BCUT2D eigenvalue weighted by molar-refractivity contribution is 0.00648. The average Bonchev–Trinajstić information content (AvgIpc) is 3.23. The van der Waals surface area contributed by atoms with Crippen molar-refractivity contribution in [3.8, 4) is 5.75 Å². The number of likely N-dealkylation sites (tertiary alicyclic amines) is 1. The molecule has 2 aromatic rings. The number of amides is 1. The topological polar surface area (TPSA) is 70.0 Å². The normalized spacial score (nSPS) is 26.7. The lowest BCUT2D eigenvalue weighted by Gasteiger charge is -2.38. The Bertz CT molecular complexity index is 912. The average molecular weight is 457 g/mol. The second kappa shape index (κ2) is 6.65. The highest BCUT2D eigenvalue weighted by molar-refractivity contribution is 9.10. The molecule has 3 atom stereocenters. The summed E-state index contributed by atoms with van der Waals surface area (Å²) in [6, 6.07) is 9.82. The number of aliphatic hydroxyl groups excluding tert-OH is 1. The highest BCUT2D eigenvalue weighted by Gasteiger charge is 2.55. The number of carbonyl (C=O) groups is 1. The van der Waals surface area contributed by atoms with E-state index >= 15 is 0 Å². The van der Waals surface area contributed by atoms with Gasteiger partial charge in [0.15, 0.2) is 5.60 Å². The summed E-state index contributed by atoms with van der Waals surface area (Å²) in [5.74, 6) is -0.299. The molecular weight excluding hydrogens is 441 g/mol. The fourth-order valence-electron chi connectivity index (χ4n) is 4.09. The molecule has 0 saturated carbocycles. The Balaban J connectivity index is 1.88. The van der Waals surface area contributed by atoms with E-state index < -0.39 is 29.7 Å². The van der Waals surface area contributed by atoms with Crippen molar-refractivity contribution in [2.45, 2.75) is 30.6 Å². The van der Waals surface area contributed by atoms with Gasteiger partial charge >= 0.3 is 6.09 Å². The van der Waals surface area contributed by atoms with Crippen LogP contribution in [0.5, 0.6) is 5.75 Å². The molecule has 0 aromatic heterocycles. The maximum atomic E-state index is 14.1. The number of hydrogen-bond acceptors (Lipinski definition) is 3. The molecule has 2 N–H and O–H groups in total. The quantitative estimate of drug-likeness (QED) is 0.665. The monoisotopic (exact) mass is 455 g/mol. The molecule has 1 saturated heterocycles. The number of ether oxygens (including phenoxy) is 1. The van der Waals surface area contributed by atoms with Gasteiger partial charge in [-0.15, -0.1) is 0 Å². The largest absolute Gasteiger partial charge is 0.480 e. The van der Waals surface area contributed by atoms with Crippen LogP contribution in [0.25, 0.3) is 0 Å². The zero-order valence-corrected chi connectivity index (χ0v) is 16.4. The van der Waals surface area contributed by atoms with Crippen LogP contribution in [0.1, 0.15) is 17.5 Å². The van der Waals surface area contributed by atoms with Crippen LogP contribution in [0, 0.1) is 5.82 Å². The first kappa shape index (κ1) is 18.5. The third kappa shape index (κ3) is 2.88. The third-order valence-electron chi connectivity index (χ3n) is 5.28. The Labute approximate surface area is 168 Å². The van der Waals surface area contributed by atoms with Crippen molar-refractivity contribution in [3.05, 3.63) is 62.8 Å². The molecule has 0 radical (unpaired) electrons. The summed E-state index contributed by atoms with van der Waals surface area (Å²) >= 11 is 9.38. The van der Waals surface area contributed by atoms with Crippen molar-refractivity contribution < 1.29 is 24.1 Å². The molecule has 1 fully saturated rings. The number of carboxylic acid groups (broad SMARTS) is 1. The minimum atomic E-state index is -1.13. The van der Waals surface area contributed by atoms with E-state index in [9.17, 15) is 19.4 Å². The van der Waals surface area contributed by atoms with Gasteiger partial charge < -0.3 is 14.9 Å². The summed E-state index contributed by atoms with van der Waals surface area (Å²) in [5, 5.41) is 19.8. The van der Waals surface area contributed by atoms with Crippen LogP contribution in [0.15, 0.2) is 40.9 Å². The molecule has 5 nitrogen and oxygen atoms in total. The summed E-state index contributed by atoms with van der Waals surface area (Å²) in [5.41, 5.74) is 0.353. The molecule has 2 aliphatic heterocycles. The number of rotatable bonds is 2. The van der Waals surface area contributed by atoms with E-state index in [1.54, 1.807) is 0 Å². The molecule has 0 bridgehead atoms. The lowest BCUT2D eigenvalue weighted by Crippen LogP contribution is -2.52. The minimum absolute atomic E-state index is 0.00454. The van der Waals surface area contributed by atoms with E-state index in [1.807, 2.05) is 30.3 Å². The first-order valence-electron chi connectivity index (χ1n) is 8.42. The van der Waals surface area contributed by atoms with Gasteiger partial charge in [0, 0.05) is 22.5 Å². The molecular formula is C19H16BrClFNO4. The van der Waals surface area contributed by atoms with E-state index in [2.05, 4.69) is 15.9 Å². The van der Waals surface area contributed by atoms with Crippen LogP contribution in [-0.2, 0) is 12.0 Å². The van der Waals surface area contributed by atoms with E-state index in [0.717, 1.165) is 5.56 Å². The molecule has 8 heteroatoms. The van der Waals surface area contributed by atoms with Gasteiger partial charge in [-0.05, 0) is 27.9 Å². The second-order valence-corrected chi connectivity index (χ2v) is 8.01. The molecule has 142 valence electrons. The Morgan fingerprint density at radius 3 is 2.74 bits per heavy atom. The number of β-amino-alcohol motifs (C(OH)–C–C–N with tert-alkyl or cyclic N) is 1. The Hall–Kier alpha value is -1.83. The Morgan fingerprint density at radius 1 is 1.37 bits per heavy atom. The van der Waals surface area contributed by atoms with E-state index in [0.29, 0.717) is 22.2 Å². The van der Waals surface area contributed by atoms with E-state index in [-0.39, 0.29) is 18.0 Å². The van der Waals surface area contributed by atoms with Crippen molar-refractivity contribution in [2.24, 2.45) is 0 Å². The zero-order chi connectivity index (χ0) is 19.3. The lowest BCUT2D eigenvalue weighted by atomic mass is 9.81. The van der Waals surface area contributed by atoms with Gasteiger partial charge in [-0.1, -0.05) is 41.9 Å². The van der Waals surface area contributed by atoms with Crippen LogP contribution in [0.4, 0.5) is 9.18 Å². The maximum Gasteiger partial charge on any atom is 0.407 e. The van der Waals surface area contributed by atoms with Crippen molar-refractivity contribution in [1.82, 2.24) is 4.90 Å². The SMILES string of the molecule is O=C(O)N1C[C@@H](O)C[C@H]1C1(c2ccccc2)Cc2c(cc(F)c(Cl)c2Br)O1. The first-order valence-corrected chi connectivity index (χ1v) is 9.59. The predicted molar refractivity (Wildman–Crippen MR) is 101 cm³/mol. The highest BCUT2D eigenvalue weighted by Crippen LogP contribution is 2.51. The van der Waals surface area contributed by atoms with Gasteiger partial charge in [0.1, 0.15) is 11.6 Å². The second-order valence-electron chi connectivity index (χ2n) is 6.84. The highest BCUT2D eigenvalue weighted by atomic mass is 79.9. The Morgan fingerprint density at radius 2 is 2.07 bits per heavy atom. The van der Waals surface area contributed by atoms with Gasteiger partial charge in [0.2, 0.25) is 0 Å². The van der Waals surface area contributed by atoms with Gasteiger partial charge in [-0.25, -0.2) is 9.18 Å². The van der Waals surface area contributed by atoms with Gasteiger partial charge in [0.05, 0.1) is 23.7 Å². The maximum absolute atomic E-state index is 14.1. The fraction of sp³-hybridized carbons (Fsp3) is 0.316. The number of fused-ring (bicyclic) bond motifs is 1. The summed E-state index contributed by atoms with van der Waals surface area (Å²) < 4.78 is 20.8. The van der Waals surface area contributed by atoms with Gasteiger partial charge in [0.25, 0.3) is 0 Å². The summed E-state index contributed by atoms with van der Waals surface area (Å²) in [6.45, 7) is 0.00454. The summed E-state index contributed by atoms with van der Waals surface area (Å²) in [4.78, 5) is 13.0. The van der Waals surface area contributed by atoms with Gasteiger partial charge in [-0.3, -0.25) is 4.90 Å². The molecule has 27 heavy (non-hydrogen) atoms. The van der Waals surface area contributed by atoms with Crippen LogP contribution in [0.2, 0.25) is 5.02 Å². The van der Waals surface area contributed by atoms with E-state index in [4.69, 9.17) is 16.3 Å². The molecule has 1 unspecified atom stereocenters. The molecule has 1 amide bonds. The standard InChI is InChI=1S/C19H16BrClFNO4/c20-16-12-8-19(10-4-2-1-3-5-10,27-14(12)7-13(22)17(16)21)15-6-11(24)9-23(15)18(25)26/h1-5,7,11,15,24H,6,8-9H2,(H,25,26)/t11-,15-,19?/m0/s1. The molecule has 2 aromatic carbocycles.